The first kappa shape index (κ1) is 16.2. The van der Waals surface area contributed by atoms with Crippen molar-refractivity contribution in [2.45, 2.75) is 38.8 Å². The number of amides is 1. The summed E-state index contributed by atoms with van der Waals surface area (Å²) in [6.45, 7) is 3.76. The summed E-state index contributed by atoms with van der Waals surface area (Å²) in [6.07, 6.45) is 1.19. The first-order chi connectivity index (χ1) is 9.46. The second kappa shape index (κ2) is 7.04. The number of nitrogens with one attached hydrogen (secondary N) is 1. The lowest BCUT2D eigenvalue weighted by atomic mass is 9.96. The van der Waals surface area contributed by atoms with E-state index < -0.39 is 17.4 Å². The molecule has 0 bridgehead atoms. The van der Waals surface area contributed by atoms with Crippen LogP contribution in [0, 0.1) is 0 Å². The van der Waals surface area contributed by atoms with Crippen LogP contribution in [0.4, 0.5) is 0 Å². The molecule has 20 heavy (non-hydrogen) atoms. The number of nitrogens with zero attached hydrogens (tertiary/aromatic N) is 1. The summed E-state index contributed by atoms with van der Waals surface area (Å²) in [7, 11) is 2.80. The minimum absolute atomic E-state index is 0.100. The Labute approximate surface area is 117 Å². The number of methoxy groups -OCH3 is 2. The SMILES string of the molecule is CCCC(C)(NC(=O)c1cc(COC)on1)C(=O)OC. The van der Waals surface area contributed by atoms with Crippen molar-refractivity contribution in [3.05, 3.63) is 17.5 Å². The zero-order valence-electron chi connectivity index (χ0n) is 12.2. The molecule has 1 atom stereocenters. The number of esters is 1. The minimum Gasteiger partial charge on any atom is -0.467 e. The lowest BCUT2D eigenvalue weighted by Gasteiger charge is -2.26. The average molecular weight is 284 g/mol. The summed E-state index contributed by atoms with van der Waals surface area (Å²) in [5.74, 6) is -0.543. The Balaban J connectivity index is 2.82. The molecule has 0 saturated heterocycles. The van der Waals surface area contributed by atoms with Crippen molar-refractivity contribution in [2.24, 2.45) is 0 Å². The van der Waals surface area contributed by atoms with Crippen LogP contribution in [-0.2, 0) is 20.9 Å². The molecular weight excluding hydrogens is 264 g/mol. The molecule has 1 heterocycles. The summed E-state index contributed by atoms with van der Waals surface area (Å²) in [5.41, 5.74) is -0.982. The lowest BCUT2D eigenvalue weighted by Crippen LogP contribution is -2.52. The van der Waals surface area contributed by atoms with E-state index in [0.717, 1.165) is 6.42 Å². The molecule has 7 heteroatoms. The highest BCUT2D eigenvalue weighted by Gasteiger charge is 2.36. The molecular formula is C13H20N2O5. The van der Waals surface area contributed by atoms with Gasteiger partial charge in [-0.25, -0.2) is 4.79 Å². The van der Waals surface area contributed by atoms with E-state index in [1.165, 1.54) is 20.3 Å². The Morgan fingerprint density at radius 3 is 2.70 bits per heavy atom. The van der Waals surface area contributed by atoms with E-state index in [0.29, 0.717) is 12.2 Å². The van der Waals surface area contributed by atoms with Crippen molar-refractivity contribution >= 4 is 11.9 Å². The average Bonchev–Trinajstić information content (AvgIpc) is 2.87. The van der Waals surface area contributed by atoms with Gasteiger partial charge in [0, 0.05) is 13.2 Å². The van der Waals surface area contributed by atoms with Gasteiger partial charge in [0.15, 0.2) is 11.5 Å². The monoisotopic (exact) mass is 284 g/mol. The van der Waals surface area contributed by atoms with Gasteiger partial charge in [0.2, 0.25) is 0 Å². The van der Waals surface area contributed by atoms with Crippen molar-refractivity contribution in [2.75, 3.05) is 14.2 Å². The summed E-state index contributed by atoms with van der Waals surface area (Å²) < 4.78 is 14.5. The summed E-state index contributed by atoms with van der Waals surface area (Å²) >= 11 is 0. The van der Waals surface area contributed by atoms with E-state index in [-0.39, 0.29) is 12.3 Å². The topological polar surface area (TPSA) is 90.7 Å². The largest absolute Gasteiger partial charge is 0.467 e. The molecule has 7 nitrogen and oxygen atoms in total. The molecule has 0 aromatic carbocycles. The van der Waals surface area contributed by atoms with E-state index in [1.807, 2.05) is 6.92 Å². The van der Waals surface area contributed by atoms with E-state index in [2.05, 4.69) is 10.5 Å². The standard InChI is InChI=1S/C13H20N2O5/c1-5-6-13(2,12(17)19-4)14-11(16)10-7-9(8-18-3)20-15-10/h7H,5-6,8H2,1-4H3,(H,14,16). The van der Waals surface area contributed by atoms with Crippen LogP contribution in [0.15, 0.2) is 10.6 Å². The molecule has 0 radical (unpaired) electrons. The van der Waals surface area contributed by atoms with Crippen LogP contribution >= 0.6 is 0 Å². The summed E-state index contributed by atoms with van der Waals surface area (Å²) in [6, 6.07) is 1.47. The van der Waals surface area contributed by atoms with Crippen LogP contribution in [-0.4, -0.2) is 36.8 Å². The maximum absolute atomic E-state index is 12.1. The summed E-state index contributed by atoms with van der Waals surface area (Å²) in [5, 5.41) is 6.28. The van der Waals surface area contributed by atoms with Gasteiger partial charge in [0.25, 0.3) is 5.91 Å². The van der Waals surface area contributed by atoms with Crippen LogP contribution < -0.4 is 5.32 Å². The van der Waals surface area contributed by atoms with Crippen LogP contribution in [0.2, 0.25) is 0 Å². The van der Waals surface area contributed by atoms with Crippen LogP contribution in [0.3, 0.4) is 0 Å². The van der Waals surface area contributed by atoms with Gasteiger partial charge in [-0.05, 0) is 13.3 Å². The molecule has 1 amide bonds. The maximum atomic E-state index is 12.1. The smallest absolute Gasteiger partial charge is 0.331 e. The molecule has 112 valence electrons. The first-order valence-electron chi connectivity index (χ1n) is 6.32. The number of aromatic nitrogens is 1. The van der Waals surface area contributed by atoms with Gasteiger partial charge in [-0.15, -0.1) is 0 Å². The quantitative estimate of drug-likeness (QED) is 0.758. The Morgan fingerprint density at radius 2 is 2.15 bits per heavy atom. The van der Waals surface area contributed by atoms with Crippen molar-refractivity contribution in [3.63, 3.8) is 0 Å². The minimum atomic E-state index is -1.08. The fourth-order valence-electron chi connectivity index (χ4n) is 1.89. The highest BCUT2D eigenvalue weighted by atomic mass is 16.5. The maximum Gasteiger partial charge on any atom is 0.331 e. The van der Waals surface area contributed by atoms with Gasteiger partial charge in [-0.3, -0.25) is 4.79 Å². The van der Waals surface area contributed by atoms with Gasteiger partial charge in [0.1, 0.15) is 12.1 Å². The van der Waals surface area contributed by atoms with Gasteiger partial charge in [-0.2, -0.15) is 0 Å². The summed E-state index contributed by atoms with van der Waals surface area (Å²) in [4.78, 5) is 23.9. The molecule has 1 aromatic rings. The first-order valence-corrected chi connectivity index (χ1v) is 6.32. The molecule has 1 aromatic heterocycles. The van der Waals surface area contributed by atoms with Crippen molar-refractivity contribution in [3.8, 4) is 0 Å². The van der Waals surface area contributed by atoms with Crippen LogP contribution in [0.5, 0.6) is 0 Å². The van der Waals surface area contributed by atoms with Gasteiger partial charge >= 0.3 is 5.97 Å². The van der Waals surface area contributed by atoms with Gasteiger partial charge in [-0.1, -0.05) is 18.5 Å². The molecule has 0 fully saturated rings. The molecule has 0 aliphatic heterocycles. The molecule has 1 rings (SSSR count). The van der Waals surface area contributed by atoms with E-state index >= 15 is 0 Å². The van der Waals surface area contributed by atoms with Gasteiger partial charge in [0.05, 0.1) is 7.11 Å². The predicted octanol–water partition coefficient (Wildman–Crippen LogP) is 1.28. The molecule has 0 saturated carbocycles. The molecule has 1 N–H and O–H groups in total. The molecule has 0 spiro atoms. The number of hydrogen-bond donors (Lipinski definition) is 1. The van der Waals surface area contributed by atoms with Crippen LogP contribution in [0.1, 0.15) is 42.9 Å². The normalized spacial score (nSPS) is 13.6. The van der Waals surface area contributed by atoms with Gasteiger partial charge < -0.3 is 19.3 Å². The number of ether oxygens (including phenoxy) is 2. The fourth-order valence-corrected chi connectivity index (χ4v) is 1.89. The Morgan fingerprint density at radius 1 is 1.45 bits per heavy atom. The zero-order valence-corrected chi connectivity index (χ0v) is 12.2. The predicted molar refractivity (Wildman–Crippen MR) is 70.0 cm³/mol. The second-order valence-corrected chi connectivity index (χ2v) is 4.64. The van der Waals surface area contributed by atoms with E-state index in [1.54, 1.807) is 6.92 Å². The second-order valence-electron chi connectivity index (χ2n) is 4.64. The van der Waals surface area contributed by atoms with E-state index in [4.69, 9.17) is 14.0 Å². The third kappa shape index (κ3) is 3.80. The van der Waals surface area contributed by atoms with Crippen molar-refractivity contribution < 1.29 is 23.6 Å². The van der Waals surface area contributed by atoms with Crippen LogP contribution in [0.25, 0.3) is 0 Å². The van der Waals surface area contributed by atoms with Crippen molar-refractivity contribution in [1.82, 2.24) is 10.5 Å². The van der Waals surface area contributed by atoms with E-state index in [9.17, 15) is 9.59 Å². The number of carbonyl (C=O) groups is 2. The number of carbonyl (C=O) groups excluding carboxylic acids is 2. The zero-order chi connectivity index (χ0) is 15.2. The number of rotatable bonds is 7. The third-order valence-corrected chi connectivity index (χ3v) is 2.85. The molecule has 0 aliphatic rings. The Hall–Kier alpha value is -1.89. The molecule has 0 aliphatic carbocycles. The highest BCUT2D eigenvalue weighted by molar-refractivity contribution is 5.96. The lowest BCUT2D eigenvalue weighted by molar-refractivity contribution is -0.147. The molecule has 1 unspecified atom stereocenters. The Kier molecular flexibility index (Phi) is 5.69. The third-order valence-electron chi connectivity index (χ3n) is 2.85. The Bertz CT molecular complexity index is 471. The highest BCUT2D eigenvalue weighted by Crippen LogP contribution is 2.16. The van der Waals surface area contributed by atoms with Crippen molar-refractivity contribution in [1.29, 1.82) is 0 Å². The fraction of sp³-hybridized carbons (Fsp3) is 0.615. The number of hydrogen-bond acceptors (Lipinski definition) is 6.